The molecule has 2 amide bonds. The Bertz CT molecular complexity index is 783. The molecule has 0 fully saturated rings. The number of unbranched alkanes of at least 4 members (excludes halogenated alkanes) is 3. The number of hydrogen-bond acceptors (Lipinski definition) is 5. The van der Waals surface area contributed by atoms with E-state index in [1.54, 1.807) is 24.3 Å². The van der Waals surface area contributed by atoms with E-state index in [1.165, 1.54) is 12.3 Å². The third-order valence-electron chi connectivity index (χ3n) is 3.88. The van der Waals surface area contributed by atoms with Crippen molar-refractivity contribution in [3.63, 3.8) is 0 Å². The summed E-state index contributed by atoms with van der Waals surface area (Å²) in [5, 5.41) is 16.1. The van der Waals surface area contributed by atoms with Gasteiger partial charge in [0.1, 0.15) is 17.3 Å². The van der Waals surface area contributed by atoms with Crippen LogP contribution in [-0.4, -0.2) is 23.1 Å². The maximum absolute atomic E-state index is 11.8. The number of anilines is 1. The first-order chi connectivity index (χ1) is 13.0. The minimum atomic E-state index is -0.146. The van der Waals surface area contributed by atoms with E-state index >= 15 is 0 Å². The Hall–Kier alpha value is -3.09. The maximum atomic E-state index is 11.8. The average Bonchev–Trinajstić information content (AvgIpc) is 3.05. The maximum Gasteiger partial charge on any atom is 0.240 e. The predicted molar refractivity (Wildman–Crippen MR) is 104 cm³/mol. The molecule has 0 saturated carbocycles. The molecule has 0 atom stereocenters. The van der Waals surface area contributed by atoms with Gasteiger partial charge >= 0.3 is 0 Å². The molecule has 0 aliphatic heterocycles. The molecule has 0 bridgehead atoms. The lowest BCUT2D eigenvalue weighted by molar-refractivity contribution is -0.121. The summed E-state index contributed by atoms with van der Waals surface area (Å²) >= 11 is 0. The average molecular weight is 371 g/mol. The molecule has 1 aromatic heterocycles. The summed E-state index contributed by atoms with van der Waals surface area (Å²) in [6.45, 7) is 1.84. The van der Waals surface area contributed by atoms with Crippen molar-refractivity contribution in [2.24, 2.45) is 5.10 Å². The lowest BCUT2D eigenvalue weighted by atomic mass is 10.1. The number of phenolic OH excluding ortho intramolecular Hbond substituents is 1. The van der Waals surface area contributed by atoms with Crippen LogP contribution in [0.5, 0.6) is 5.75 Å². The molecule has 0 spiro atoms. The second-order valence-corrected chi connectivity index (χ2v) is 6.22. The van der Waals surface area contributed by atoms with Gasteiger partial charge in [0.05, 0.1) is 11.9 Å². The quantitative estimate of drug-likeness (QED) is 0.256. The summed E-state index contributed by atoms with van der Waals surface area (Å²) < 4.78 is 5.31. The van der Waals surface area contributed by atoms with Gasteiger partial charge in [-0.15, -0.1) is 0 Å². The molecule has 3 N–H and O–H groups in total. The topological polar surface area (TPSA) is 104 Å². The van der Waals surface area contributed by atoms with Crippen LogP contribution in [0.2, 0.25) is 0 Å². The van der Waals surface area contributed by atoms with E-state index in [4.69, 9.17) is 4.42 Å². The molecule has 0 saturated heterocycles. The minimum absolute atomic E-state index is 0.0571. The predicted octanol–water partition coefficient (Wildman–Crippen LogP) is 3.72. The Morgan fingerprint density at radius 3 is 2.41 bits per heavy atom. The second-order valence-electron chi connectivity index (χ2n) is 6.22. The Labute approximate surface area is 158 Å². The number of hydrogen-bond donors (Lipinski definition) is 3. The number of carbonyl (C=O) groups is 2. The van der Waals surface area contributed by atoms with Crippen molar-refractivity contribution < 1.29 is 19.1 Å². The Kier molecular flexibility index (Phi) is 8.09. The van der Waals surface area contributed by atoms with Gasteiger partial charge in [-0.2, -0.15) is 5.10 Å². The van der Waals surface area contributed by atoms with E-state index in [0.29, 0.717) is 24.3 Å². The molecule has 0 radical (unpaired) electrons. The van der Waals surface area contributed by atoms with Gasteiger partial charge in [0, 0.05) is 12.8 Å². The number of nitrogens with zero attached hydrogens (tertiary/aromatic N) is 1. The van der Waals surface area contributed by atoms with Crippen molar-refractivity contribution >= 4 is 23.7 Å². The molecule has 1 heterocycles. The number of carbonyl (C=O) groups excluding carboxylic acids is 2. The van der Waals surface area contributed by atoms with Crippen LogP contribution in [0.15, 0.2) is 45.9 Å². The molecule has 7 nitrogen and oxygen atoms in total. The number of amides is 2. The lowest BCUT2D eigenvalue weighted by Crippen LogP contribution is -2.16. The molecule has 0 aliphatic carbocycles. The van der Waals surface area contributed by atoms with Crippen LogP contribution in [0.3, 0.4) is 0 Å². The highest BCUT2D eigenvalue weighted by molar-refractivity contribution is 5.92. The number of benzene rings is 1. The standard InChI is InChI=1S/C20H25N3O4/c1-15-12-13-16(27-15)14-21-23-20(26)11-5-3-2-4-10-19(25)22-17-8-6-7-9-18(17)24/h6-9,12-14,24H,2-5,10-11H2,1H3,(H,22,25)(H,23,26)/b21-14+. The first-order valence-electron chi connectivity index (χ1n) is 9.01. The molecule has 7 heteroatoms. The summed E-state index contributed by atoms with van der Waals surface area (Å²) in [7, 11) is 0. The van der Waals surface area contributed by atoms with Crippen molar-refractivity contribution in [1.29, 1.82) is 0 Å². The van der Waals surface area contributed by atoms with Gasteiger partial charge < -0.3 is 14.8 Å². The molecule has 2 rings (SSSR count). The highest BCUT2D eigenvalue weighted by Crippen LogP contribution is 2.21. The smallest absolute Gasteiger partial charge is 0.240 e. The molecule has 2 aromatic rings. The number of furan rings is 1. The minimum Gasteiger partial charge on any atom is -0.506 e. The van der Waals surface area contributed by atoms with Crippen molar-refractivity contribution in [2.45, 2.75) is 45.4 Å². The van der Waals surface area contributed by atoms with E-state index in [1.807, 2.05) is 13.0 Å². The van der Waals surface area contributed by atoms with Crippen LogP contribution < -0.4 is 10.7 Å². The van der Waals surface area contributed by atoms with Crippen LogP contribution in [0, 0.1) is 6.92 Å². The summed E-state index contributed by atoms with van der Waals surface area (Å²) in [6.07, 6.45) is 5.42. The number of hydrazone groups is 1. The first-order valence-corrected chi connectivity index (χ1v) is 9.01. The molecular formula is C20H25N3O4. The molecule has 144 valence electrons. The van der Waals surface area contributed by atoms with Gasteiger partial charge in [0.25, 0.3) is 0 Å². The summed E-state index contributed by atoms with van der Waals surface area (Å²) in [5.74, 6) is 1.16. The van der Waals surface area contributed by atoms with E-state index in [2.05, 4.69) is 15.8 Å². The van der Waals surface area contributed by atoms with Crippen LogP contribution >= 0.6 is 0 Å². The zero-order chi connectivity index (χ0) is 19.5. The van der Waals surface area contributed by atoms with Gasteiger partial charge in [-0.05, 0) is 44.0 Å². The molecular weight excluding hydrogens is 346 g/mol. The molecule has 1 aromatic carbocycles. The molecule has 0 unspecified atom stereocenters. The second kappa shape index (κ2) is 10.8. The number of phenols is 1. The first kappa shape index (κ1) is 20.2. The van der Waals surface area contributed by atoms with Crippen LogP contribution in [0.25, 0.3) is 0 Å². The van der Waals surface area contributed by atoms with Crippen LogP contribution in [-0.2, 0) is 9.59 Å². The fourth-order valence-corrected chi connectivity index (χ4v) is 2.46. The number of aryl methyl sites for hydroxylation is 1. The van der Waals surface area contributed by atoms with Crippen molar-refractivity contribution in [1.82, 2.24) is 5.43 Å². The molecule has 27 heavy (non-hydrogen) atoms. The summed E-state index contributed by atoms with van der Waals surface area (Å²) in [4.78, 5) is 23.5. The number of para-hydroxylation sites is 2. The van der Waals surface area contributed by atoms with Gasteiger partial charge in [-0.1, -0.05) is 25.0 Å². The van der Waals surface area contributed by atoms with Gasteiger partial charge in [0.15, 0.2) is 0 Å². The summed E-state index contributed by atoms with van der Waals surface area (Å²) in [6, 6.07) is 10.2. The summed E-state index contributed by atoms with van der Waals surface area (Å²) in [5.41, 5.74) is 2.89. The third kappa shape index (κ3) is 7.77. The van der Waals surface area contributed by atoms with E-state index in [0.717, 1.165) is 31.4 Å². The molecule has 0 aliphatic rings. The highest BCUT2D eigenvalue weighted by Gasteiger charge is 2.06. The largest absolute Gasteiger partial charge is 0.506 e. The lowest BCUT2D eigenvalue weighted by Gasteiger charge is -2.06. The SMILES string of the molecule is Cc1ccc(/C=N/NC(=O)CCCCCCC(=O)Nc2ccccc2O)o1. The fraction of sp³-hybridized carbons (Fsp3) is 0.350. The van der Waals surface area contributed by atoms with Crippen LogP contribution in [0.4, 0.5) is 5.69 Å². The monoisotopic (exact) mass is 371 g/mol. The van der Waals surface area contributed by atoms with E-state index in [-0.39, 0.29) is 17.6 Å². The Morgan fingerprint density at radius 1 is 1.04 bits per heavy atom. The van der Waals surface area contributed by atoms with E-state index in [9.17, 15) is 14.7 Å². The van der Waals surface area contributed by atoms with E-state index < -0.39 is 0 Å². The highest BCUT2D eigenvalue weighted by atomic mass is 16.3. The van der Waals surface area contributed by atoms with Crippen molar-refractivity contribution in [3.8, 4) is 5.75 Å². The van der Waals surface area contributed by atoms with Crippen molar-refractivity contribution in [2.75, 3.05) is 5.32 Å². The fourth-order valence-electron chi connectivity index (χ4n) is 2.46. The van der Waals surface area contributed by atoms with Gasteiger partial charge in [-0.3, -0.25) is 9.59 Å². The van der Waals surface area contributed by atoms with Gasteiger partial charge in [0.2, 0.25) is 11.8 Å². The number of nitrogens with one attached hydrogen (secondary N) is 2. The number of rotatable bonds is 10. The van der Waals surface area contributed by atoms with Crippen molar-refractivity contribution in [3.05, 3.63) is 47.9 Å². The van der Waals surface area contributed by atoms with Crippen LogP contribution in [0.1, 0.15) is 50.0 Å². The zero-order valence-corrected chi connectivity index (χ0v) is 15.4. The Balaban J connectivity index is 1.51. The number of aromatic hydroxyl groups is 1. The third-order valence-corrected chi connectivity index (χ3v) is 3.88. The Morgan fingerprint density at radius 2 is 1.74 bits per heavy atom. The normalized spacial score (nSPS) is 10.9. The van der Waals surface area contributed by atoms with Gasteiger partial charge in [-0.25, -0.2) is 5.43 Å². The zero-order valence-electron chi connectivity index (χ0n) is 15.4.